The Bertz CT molecular complexity index is 625. The Morgan fingerprint density at radius 1 is 1.05 bits per heavy atom. The molecule has 1 saturated carbocycles. The Morgan fingerprint density at radius 3 is 2.67 bits per heavy atom. The standard InChI is InChI=1S/C16H17F2N3/c17-11-6-7-14(18)13(10-11)15-8-9-19-16(21-15)20-12-4-2-1-3-5-12/h6-10,12H,1-5H2,(H,19,20,21). The van der Waals surface area contributed by atoms with E-state index in [9.17, 15) is 8.78 Å². The lowest BCUT2D eigenvalue weighted by atomic mass is 9.96. The van der Waals surface area contributed by atoms with Crippen LogP contribution in [0.15, 0.2) is 30.5 Å². The smallest absolute Gasteiger partial charge is 0.223 e. The minimum Gasteiger partial charge on any atom is -0.351 e. The van der Waals surface area contributed by atoms with Gasteiger partial charge < -0.3 is 5.32 Å². The maximum atomic E-state index is 13.8. The molecule has 1 aliphatic carbocycles. The van der Waals surface area contributed by atoms with Crippen LogP contribution in [0.3, 0.4) is 0 Å². The second kappa shape index (κ2) is 6.16. The zero-order chi connectivity index (χ0) is 14.7. The van der Waals surface area contributed by atoms with Crippen LogP contribution in [0.4, 0.5) is 14.7 Å². The van der Waals surface area contributed by atoms with Gasteiger partial charge in [0.2, 0.25) is 5.95 Å². The van der Waals surface area contributed by atoms with Gasteiger partial charge in [-0.05, 0) is 37.1 Å². The van der Waals surface area contributed by atoms with Crippen molar-refractivity contribution in [3.05, 3.63) is 42.1 Å². The fourth-order valence-electron chi connectivity index (χ4n) is 2.70. The van der Waals surface area contributed by atoms with Crippen LogP contribution in [0, 0.1) is 11.6 Å². The summed E-state index contributed by atoms with van der Waals surface area (Å²) in [6, 6.07) is 5.32. The van der Waals surface area contributed by atoms with Crippen LogP contribution in [-0.4, -0.2) is 16.0 Å². The number of rotatable bonds is 3. The van der Waals surface area contributed by atoms with Crippen molar-refractivity contribution in [1.29, 1.82) is 0 Å². The van der Waals surface area contributed by atoms with Crippen molar-refractivity contribution in [2.24, 2.45) is 0 Å². The van der Waals surface area contributed by atoms with Gasteiger partial charge in [0.1, 0.15) is 11.6 Å². The molecule has 1 fully saturated rings. The topological polar surface area (TPSA) is 37.8 Å². The average Bonchev–Trinajstić information content (AvgIpc) is 2.51. The van der Waals surface area contributed by atoms with E-state index in [2.05, 4.69) is 15.3 Å². The molecule has 0 atom stereocenters. The van der Waals surface area contributed by atoms with Crippen LogP contribution < -0.4 is 5.32 Å². The van der Waals surface area contributed by atoms with Gasteiger partial charge in [0.25, 0.3) is 0 Å². The molecule has 3 nitrogen and oxygen atoms in total. The van der Waals surface area contributed by atoms with E-state index in [0.717, 1.165) is 31.0 Å². The van der Waals surface area contributed by atoms with E-state index in [-0.39, 0.29) is 5.56 Å². The van der Waals surface area contributed by atoms with Gasteiger partial charge in [0.05, 0.1) is 5.69 Å². The predicted molar refractivity (Wildman–Crippen MR) is 77.9 cm³/mol. The molecule has 1 heterocycles. The Balaban J connectivity index is 1.83. The number of benzene rings is 1. The van der Waals surface area contributed by atoms with E-state index in [1.54, 1.807) is 12.3 Å². The fourth-order valence-corrected chi connectivity index (χ4v) is 2.70. The summed E-state index contributed by atoms with van der Waals surface area (Å²) in [5, 5.41) is 3.29. The lowest BCUT2D eigenvalue weighted by Crippen LogP contribution is -2.23. The normalized spacial score (nSPS) is 15.9. The van der Waals surface area contributed by atoms with Crippen molar-refractivity contribution in [2.75, 3.05) is 5.32 Å². The number of halogens is 2. The van der Waals surface area contributed by atoms with Crippen molar-refractivity contribution < 1.29 is 8.78 Å². The van der Waals surface area contributed by atoms with Crippen LogP contribution in [0.5, 0.6) is 0 Å². The molecule has 1 aliphatic rings. The second-order valence-corrected chi connectivity index (χ2v) is 5.37. The van der Waals surface area contributed by atoms with E-state index in [1.807, 2.05) is 0 Å². The number of anilines is 1. The molecule has 0 saturated heterocycles. The third-order valence-electron chi connectivity index (χ3n) is 3.80. The number of aromatic nitrogens is 2. The van der Waals surface area contributed by atoms with Gasteiger partial charge in [0.15, 0.2) is 0 Å². The third-order valence-corrected chi connectivity index (χ3v) is 3.80. The Labute approximate surface area is 122 Å². The van der Waals surface area contributed by atoms with Gasteiger partial charge in [0, 0.05) is 17.8 Å². The second-order valence-electron chi connectivity index (χ2n) is 5.37. The van der Waals surface area contributed by atoms with Gasteiger partial charge >= 0.3 is 0 Å². The van der Waals surface area contributed by atoms with Crippen molar-refractivity contribution in [3.63, 3.8) is 0 Å². The Morgan fingerprint density at radius 2 is 1.86 bits per heavy atom. The molecular weight excluding hydrogens is 272 g/mol. The first kappa shape index (κ1) is 13.9. The SMILES string of the molecule is Fc1ccc(F)c(-c2ccnc(NC3CCCCC3)n2)c1. The molecular formula is C16H17F2N3. The number of hydrogen-bond donors (Lipinski definition) is 1. The molecule has 0 bridgehead atoms. The van der Waals surface area contributed by atoms with Crippen LogP contribution >= 0.6 is 0 Å². The molecule has 1 N–H and O–H groups in total. The van der Waals surface area contributed by atoms with Crippen molar-refractivity contribution in [2.45, 2.75) is 38.1 Å². The van der Waals surface area contributed by atoms with E-state index >= 15 is 0 Å². The number of nitrogens with zero attached hydrogens (tertiary/aromatic N) is 2. The monoisotopic (exact) mass is 289 g/mol. The minimum absolute atomic E-state index is 0.157. The number of hydrogen-bond acceptors (Lipinski definition) is 3. The Kier molecular flexibility index (Phi) is 4.08. The molecule has 2 aromatic rings. The lowest BCUT2D eigenvalue weighted by Gasteiger charge is -2.22. The summed E-state index contributed by atoms with van der Waals surface area (Å²) < 4.78 is 27.1. The summed E-state index contributed by atoms with van der Waals surface area (Å²) in [4.78, 5) is 8.48. The van der Waals surface area contributed by atoms with Crippen molar-refractivity contribution in [1.82, 2.24) is 9.97 Å². The highest BCUT2D eigenvalue weighted by Gasteiger charge is 2.15. The highest BCUT2D eigenvalue weighted by Crippen LogP contribution is 2.24. The van der Waals surface area contributed by atoms with Crippen LogP contribution in [-0.2, 0) is 0 Å². The first-order valence-corrected chi connectivity index (χ1v) is 7.27. The lowest BCUT2D eigenvalue weighted by molar-refractivity contribution is 0.461. The van der Waals surface area contributed by atoms with Crippen LogP contribution in [0.1, 0.15) is 32.1 Å². The van der Waals surface area contributed by atoms with E-state index in [4.69, 9.17) is 0 Å². The third kappa shape index (κ3) is 3.35. The van der Waals surface area contributed by atoms with Gasteiger partial charge in [-0.2, -0.15) is 0 Å². The molecule has 0 radical (unpaired) electrons. The molecule has 1 aromatic heterocycles. The largest absolute Gasteiger partial charge is 0.351 e. The van der Waals surface area contributed by atoms with E-state index in [1.165, 1.54) is 19.3 Å². The van der Waals surface area contributed by atoms with Gasteiger partial charge in [-0.3, -0.25) is 0 Å². The zero-order valence-electron chi connectivity index (χ0n) is 11.6. The molecule has 110 valence electrons. The highest BCUT2D eigenvalue weighted by molar-refractivity contribution is 5.60. The van der Waals surface area contributed by atoms with Crippen molar-refractivity contribution in [3.8, 4) is 11.3 Å². The summed E-state index contributed by atoms with van der Waals surface area (Å²) in [6.45, 7) is 0. The summed E-state index contributed by atoms with van der Waals surface area (Å²) in [6.07, 6.45) is 7.45. The molecule has 21 heavy (non-hydrogen) atoms. The zero-order valence-corrected chi connectivity index (χ0v) is 11.6. The molecule has 5 heteroatoms. The van der Waals surface area contributed by atoms with Crippen LogP contribution in [0.2, 0.25) is 0 Å². The van der Waals surface area contributed by atoms with E-state index < -0.39 is 11.6 Å². The highest BCUT2D eigenvalue weighted by atomic mass is 19.1. The predicted octanol–water partition coefficient (Wildman–Crippen LogP) is 4.17. The molecule has 0 spiro atoms. The molecule has 0 amide bonds. The maximum Gasteiger partial charge on any atom is 0.223 e. The first-order valence-electron chi connectivity index (χ1n) is 7.27. The van der Waals surface area contributed by atoms with Crippen LogP contribution in [0.25, 0.3) is 11.3 Å². The van der Waals surface area contributed by atoms with Gasteiger partial charge in [-0.1, -0.05) is 19.3 Å². The quantitative estimate of drug-likeness (QED) is 0.921. The molecule has 0 aliphatic heterocycles. The van der Waals surface area contributed by atoms with Gasteiger partial charge in [-0.25, -0.2) is 18.7 Å². The van der Waals surface area contributed by atoms with E-state index in [0.29, 0.717) is 17.7 Å². The molecule has 1 aromatic carbocycles. The maximum absolute atomic E-state index is 13.8. The summed E-state index contributed by atoms with van der Waals surface area (Å²) in [7, 11) is 0. The average molecular weight is 289 g/mol. The summed E-state index contributed by atoms with van der Waals surface area (Å²) in [5.41, 5.74) is 0.546. The summed E-state index contributed by atoms with van der Waals surface area (Å²) in [5.74, 6) is -0.492. The first-order chi connectivity index (χ1) is 10.2. The Hall–Kier alpha value is -2.04. The molecule has 3 rings (SSSR count). The fraction of sp³-hybridized carbons (Fsp3) is 0.375. The number of nitrogens with one attached hydrogen (secondary N) is 1. The molecule has 0 unspecified atom stereocenters. The summed E-state index contributed by atoms with van der Waals surface area (Å²) >= 11 is 0. The van der Waals surface area contributed by atoms with Gasteiger partial charge in [-0.15, -0.1) is 0 Å². The van der Waals surface area contributed by atoms with Crippen molar-refractivity contribution >= 4 is 5.95 Å². The minimum atomic E-state index is -0.487.